The van der Waals surface area contributed by atoms with E-state index in [2.05, 4.69) is 15.3 Å². The fraction of sp³-hybridized carbons (Fsp3) is 0.0455. The molecular formula is C22H15FN4O5S. The number of carbonyl (C=O) groups is 1. The summed E-state index contributed by atoms with van der Waals surface area (Å²) >= 11 is 1.16. The van der Waals surface area contributed by atoms with E-state index in [1.54, 1.807) is 24.3 Å². The van der Waals surface area contributed by atoms with Crippen molar-refractivity contribution in [3.05, 3.63) is 87.2 Å². The number of benzene rings is 2. The third-order valence-corrected chi connectivity index (χ3v) is 5.25. The van der Waals surface area contributed by atoms with Gasteiger partial charge in [0.2, 0.25) is 5.88 Å². The number of methoxy groups -OCH3 is 1. The number of hydrogen-bond donors (Lipinski definition) is 1. The van der Waals surface area contributed by atoms with Gasteiger partial charge in [0.1, 0.15) is 12.0 Å². The van der Waals surface area contributed by atoms with Gasteiger partial charge in [-0.3, -0.25) is 14.9 Å². The van der Waals surface area contributed by atoms with Crippen molar-refractivity contribution in [3.63, 3.8) is 0 Å². The number of hydrogen-bond acceptors (Lipinski definition) is 8. The number of halogens is 1. The summed E-state index contributed by atoms with van der Waals surface area (Å²) in [5, 5.41) is 13.8. The first kappa shape index (κ1) is 22.0. The molecular weight excluding hydrogens is 451 g/mol. The van der Waals surface area contributed by atoms with Crippen LogP contribution in [0.5, 0.6) is 17.4 Å². The molecule has 3 aromatic rings. The number of pyridine rings is 1. The van der Waals surface area contributed by atoms with Gasteiger partial charge in [0.25, 0.3) is 11.6 Å². The molecule has 11 heteroatoms. The highest BCUT2D eigenvalue weighted by atomic mass is 32.2. The Morgan fingerprint density at radius 2 is 1.94 bits per heavy atom. The lowest BCUT2D eigenvalue weighted by Crippen LogP contribution is -2.19. The normalized spacial score (nSPS) is 15.5. The van der Waals surface area contributed by atoms with Crippen molar-refractivity contribution in [2.75, 3.05) is 7.11 Å². The lowest BCUT2D eigenvalue weighted by molar-refractivity contribution is -0.385. The van der Waals surface area contributed by atoms with Gasteiger partial charge in [0.15, 0.2) is 16.7 Å². The van der Waals surface area contributed by atoms with Crippen molar-refractivity contribution in [2.24, 2.45) is 4.99 Å². The van der Waals surface area contributed by atoms with Crippen LogP contribution in [0.2, 0.25) is 0 Å². The van der Waals surface area contributed by atoms with E-state index in [0.717, 1.165) is 18.0 Å². The van der Waals surface area contributed by atoms with Gasteiger partial charge >= 0.3 is 0 Å². The van der Waals surface area contributed by atoms with E-state index >= 15 is 0 Å². The first-order valence-corrected chi connectivity index (χ1v) is 10.2. The number of amides is 1. The molecule has 4 rings (SSSR count). The second-order valence-electron chi connectivity index (χ2n) is 6.58. The zero-order chi connectivity index (χ0) is 23.4. The second kappa shape index (κ2) is 9.49. The molecule has 0 bridgehead atoms. The van der Waals surface area contributed by atoms with Gasteiger partial charge in [-0.15, -0.1) is 0 Å². The molecule has 0 radical (unpaired) electrons. The molecule has 2 heterocycles. The van der Waals surface area contributed by atoms with Crippen LogP contribution >= 0.6 is 11.8 Å². The number of aromatic nitrogens is 1. The summed E-state index contributed by atoms with van der Waals surface area (Å²) in [7, 11) is 1.47. The molecule has 0 unspecified atom stereocenters. The molecule has 1 saturated heterocycles. The maximum atomic E-state index is 13.0. The van der Waals surface area contributed by atoms with E-state index in [9.17, 15) is 19.3 Å². The van der Waals surface area contributed by atoms with Gasteiger partial charge in [0.05, 0.1) is 22.6 Å². The van der Waals surface area contributed by atoms with Crippen molar-refractivity contribution in [1.29, 1.82) is 0 Å². The largest absolute Gasteiger partial charge is 0.493 e. The molecule has 1 aliphatic rings. The summed E-state index contributed by atoms with van der Waals surface area (Å²) in [5.74, 6) is 0.220. The third-order valence-electron chi connectivity index (χ3n) is 4.34. The zero-order valence-corrected chi connectivity index (χ0v) is 17.8. The Labute approximate surface area is 191 Å². The molecule has 1 aromatic heterocycles. The smallest absolute Gasteiger partial charge is 0.287 e. The van der Waals surface area contributed by atoms with Crippen LogP contribution in [-0.4, -0.2) is 28.1 Å². The van der Waals surface area contributed by atoms with Gasteiger partial charge in [-0.05, 0) is 59.8 Å². The summed E-state index contributed by atoms with van der Waals surface area (Å²) in [5.41, 5.74) is 1.05. The predicted octanol–water partition coefficient (Wildman–Crippen LogP) is 4.82. The highest BCUT2D eigenvalue weighted by Crippen LogP contribution is 2.34. The first-order chi connectivity index (χ1) is 15.9. The predicted molar refractivity (Wildman–Crippen MR) is 121 cm³/mol. The number of aliphatic imine (C=N–C) groups is 1. The van der Waals surface area contributed by atoms with Crippen molar-refractivity contribution in [2.45, 2.75) is 0 Å². The summed E-state index contributed by atoms with van der Waals surface area (Å²) in [4.78, 5) is 31.1. The fourth-order valence-electron chi connectivity index (χ4n) is 2.78. The second-order valence-corrected chi connectivity index (χ2v) is 7.61. The van der Waals surface area contributed by atoms with Gasteiger partial charge in [0, 0.05) is 12.1 Å². The van der Waals surface area contributed by atoms with Crippen LogP contribution in [0.1, 0.15) is 5.56 Å². The number of nitrogens with one attached hydrogen (secondary N) is 1. The standard InChI is InChI=1S/C22H15FN4O5S/c1-31-18-10-13(2-8-17(18)32-20-9-7-16(12-24-20)27(29)30)11-19-21(28)26-22(33-19)25-15-5-3-14(23)4-6-15/h2-12H,1H3,(H,25,26,28)/b19-11+. The molecule has 0 saturated carbocycles. The lowest BCUT2D eigenvalue weighted by Gasteiger charge is -2.10. The SMILES string of the molecule is COc1cc(/C=C2/SC(=Nc3ccc(F)cc3)NC2=O)ccc1Oc1ccc([N+](=O)[O-])cn1. The van der Waals surface area contributed by atoms with E-state index in [1.807, 2.05) is 0 Å². The van der Waals surface area contributed by atoms with Crippen LogP contribution in [0.15, 0.2) is 70.7 Å². The van der Waals surface area contributed by atoms with E-state index in [0.29, 0.717) is 32.8 Å². The minimum atomic E-state index is -0.549. The van der Waals surface area contributed by atoms with Crippen LogP contribution in [0.3, 0.4) is 0 Å². The van der Waals surface area contributed by atoms with Crippen molar-refractivity contribution in [3.8, 4) is 17.4 Å². The molecule has 0 spiro atoms. The Kier molecular flexibility index (Phi) is 6.31. The molecule has 2 aromatic carbocycles. The molecule has 33 heavy (non-hydrogen) atoms. The Hall–Kier alpha value is -4.25. The van der Waals surface area contributed by atoms with Gasteiger partial charge < -0.3 is 14.8 Å². The van der Waals surface area contributed by atoms with E-state index in [4.69, 9.17) is 9.47 Å². The highest BCUT2D eigenvalue weighted by Gasteiger charge is 2.24. The monoisotopic (exact) mass is 466 g/mol. The van der Waals surface area contributed by atoms with Crippen molar-refractivity contribution in [1.82, 2.24) is 10.3 Å². The number of amidine groups is 1. The molecule has 1 amide bonds. The van der Waals surface area contributed by atoms with Crippen LogP contribution in [0.25, 0.3) is 6.08 Å². The summed E-state index contributed by atoms with van der Waals surface area (Å²) in [6.45, 7) is 0. The highest BCUT2D eigenvalue weighted by molar-refractivity contribution is 8.18. The number of nitro groups is 1. The summed E-state index contributed by atoms with van der Waals surface area (Å²) < 4.78 is 24.1. The number of rotatable bonds is 6. The molecule has 0 aliphatic carbocycles. The number of carbonyl (C=O) groups excluding carboxylic acids is 1. The fourth-order valence-corrected chi connectivity index (χ4v) is 3.62. The number of thioether (sulfide) groups is 1. The minimum absolute atomic E-state index is 0.147. The Bertz CT molecular complexity index is 1280. The van der Waals surface area contributed by atoms with E-state index in [-0.39, 0.29) is 23.3 Å². The molecule has 1 fully saturated rings. The summed E-state index contributed by atoms with van der Waals surface area (Å²) in [6.07, 6.45) is 2.77. The number of ether oxygens (including phenoxy) is 2. The van der Waals surface area contributed by atoms with Crippen LogP contribution in [0, 0.1) is 15.9 Å². The number of nitrogens with zero attached hydrogens (tertiary/aromatic N) is 3. The van der Waals surface area contributed by atoms with Crippen LogP contribution in [-0.2, 0) is 4.79 Å². The molecule has 1 N–H and O–H groups in total. The maximum Gasteiger partial charge on any atom is 0.287 e. The zero-order valence-electron chi connectivity index (χ0n) is 17.0. The van der Waals surface area contributed by atoms with Crippen molar-refractivity contribution < 1.29 is 23.6 Å². The van der Waals surface area contributed by atoms with Crippen LogP contribution in [0.4, 0.5) is 15.8 Å². The quantitative estimate of drug-likeness (QED) is 0.314. The molecule has 0 atom stereocenters. The van der Waals surface area contributed by atoms with Crippen molar-refractivity contribution >= 4 is 40.3 Å². The van der Waals surface area contributed by atoms with Gasteiger partial charge in [-0.2, -0.15) is 0 Å². The summed E-state index contributed by atoms with van der Waals surface area (Å²) in [6, 6.07) is 13.3. The van der Waals surface area contributed by atoms with Crippen LogP contribution < -0.4 is 14.8 Å². The molecule has 1 aliphatic heterocycles. The van der Waals surface area contributed by atoms with E-state index in [1.165, 1.54) is 43.5 Å². The average Bonchev–Trinajstić information content (AvgIpc) is 3.15. The Morgan fingerprint density at radius 3 is 2.61 bits per heavy atom. The molecule has 9 nitrogen and oxygen atoms in total. The van der Waals surface area contributed by atoms with Gasteiger partial charge in [-0.1, -0.05) is 6.07 Å². The maximum absolute atomic E-state index is 13.0. The Morgan fingerprint density at radius 1 is 1.15 bits per heavy atom. The van der Waals surface area contributed by atoms with Gasteiger partial charge in [-0.25, -0.2) is 14.4 Å². The third kappa shape index (κ3) is 5.33. The van der Waals surface area contributed by atoms with E-state index < -0.39 is 4.92 Å². The first-order valence-electron chi connectivity index (χ1n) is 9.43. The molecule has 166 valence electrons. The topological polar surface area (TPSA) is 116 Å². The lowest BCUT2D eigenvalue weighted by atomic mass is 10.2. The minimum Gasteiger partial charge on any atom is -0.493 e. The Balaban J connectivity index is 1.51. The average molecular weight is 466 g/mol.